The SMILES string of the molecule is Cc1ccc(C(=O)N2CCN(C(=O)C3CCNCC3)CC2)cc1F. The molecule has 1 N–H and O–H groups in total. The van der Waals surface area contributed by atoms with E-state index >= 15 is 0 Å². The third-order valence-corrected chi connectivity index (χ3v) is 4.99. The molecule has 2 aliphatic heterocycles. The van der Waals surface area contributed by atoms with Gasteiger partial charge in [0.2, 0.25) is 5.91 Å². The van der Waals surface area contributed by atoms with E-state index in [9.17, 15) is 14.0 Å². The van der Waals surface area contributed by atoms with Crippen LogP contribution >= 0.6 is 0 Å². The standard InChI is InChI=1S/C18H24FN3O2/c1-13-2-3-15(12-16(13)19)18(24)22-10-8-21(9-11-22)17(23)14-4-6-20-7-5-14/h2-3,12,14,20H,4-11H2,1H3. The number of nitrogens with zero attached hydrogens (tertiary/aromatic N) is 2. The van der Waals surface area contributed by atoms with E-state index in [-0.39, 0.29) is 23.5 Å². The zero-order valence-corrected chi connectivity index (χ0v) is 14.1. The Kier molecular flexibility index (Phi) is 5.14. The number of carbonyl (C=O) groups excluding carboxylic acids is 2. The number of piperidine rings is 1. The van der Waals surface area contributed by atoms with Crippen molar-refractivity contribution in [3.8, 4) is 0 Å². The molecule has 2 heterocycles. The smallest absolute Gasteiger partial charge is 0.254 e. The van der Waals surface area contributed by atoms with E-state index in [0.717, 1.165) is 25.9 Å². The van der Waals surface area contributed by atoms with Crippen LogP contribution in [0.5, 0.6) is 0 Å². The van der Waals surface area contributed by atoms with Crippen LogP contribution in [0.2, 0.25) is 0 Å². The average molecular weight is 333 g/mol. The molecule has 3 rings (SSSR count). The Morgan fingerprint density at radius 2 is 1.71 bits per heavy atom. The molecule has 0 aromatic heterocycles. The summed E-state index contributed by atoms with van der Waals surface area (Å²) in [6.07, 6.45) is 1.78. The van der Waals surface area contributed by atoms with Crippen molar-refractivity contribution in [3.63, 3.8) is 0 Å². The van der Waals surface area contributed by atoms with Crippen LogP contribution < -0.4 is 5.32 Å². The molecular weight excluding hydrogens is 309 g/mol. The molecule has 2 saturated heterocycles. The molecule has 1 aromatic rings. The second kappa shape index (κ2) is 7.30. The summed E-state index contributed by atoms with van der Waals surface area (Å²) in [5.74, 6) is -0.201. The van der Waals surface area contributed by atoms with Crippen LogP contribution in [0.25, 0.3) is 0 Å². The molecule has 0 atom stereocenters. The van der Waals surface area contributed by atoms with Crippen molar-refractivity contribution in [3.05, 3.63) is 35.1 Å². The Hall–Kier alpha value is -1.95. The van der Waals surface area contributed by atoms with E-state index in [0.29, 0.717) is 37.3 Å². The molecule has 0 saturated carbocycles. The number of nitrogens with one attached hydrogen (secondary N) is 1. The topological polar surface area (TPSA) is 52.7 Å². The lowest BCUT2D eigenvalue weighted by Gasteiger charge is -2.37. The Morgan fingerprint density at radius 3 is 2.33 bits per heavy atom. The minimum Gasteiger partial charge on any atom is -0.339 e. The van der Waals surface area contributed by atoms with Gasteiger partial charge in [-0.2, -0.15) is 0 Å². The summed E-state index contributed by atoms with van der Waals surface area (Å²) in [5.41, 5.74) is 0.903. The minimum absolute atomic E-state index is 0.111. The highest BCUT2D eigenvalue weighted by Crippen LogP contribution is 2.18. The van der Waals surface area contributed by atoms with E-state index in [1.165, 1.54) is 6.07 Å². The quantitative estimate of drug-likeness (QED) is 0.891. The third kappa shape index (κ3) is 3.59. The maximum absolute atomic E-state index is 13.7. The van der Waals surface area contributed by atoms with Gasteiger partial charge in [0.25, 0.3) is 5.91 Å². The van der Waals surface area contributed by atoms with E-state index in [2.05, 4.69) is 5.32 Å². The molecule has 0 spiro atoms. The molecular formula is C18H24FN3O2. The first-order valence-electron chi connectivity index (χ1n) is 8.61. The molecule has 130 valence electrons. The van der Waals surface area contributed by atoms with Gasteiger partial charge in [0.15, 0.2) is 0 Å². The number of benzene rings is 1. The summed E-state index contributed by atoms with van der Waals surface area (Å²) in [6.45, 7) is 5.60. The van der Waals surface area contributed by atoms with Crippen molar-refractivity contribution in [1.82, 2.24) is 15.1 Å². The van der Waals surface area contributed by atoms with Crippen LogP contribution in [0.15, 0.2) is 18.2 Å². The van der Waals surface area contributed by atoms with Gasteiger partial charge in [-0.25, -0.2) is 4.39 Å². The molecule has 5 nitrogen and oxygen atoms in total. The molecule has 0 bridgehead atoms. The lowest BCUT2D eigenvalue weighted by molar-refractivity contribution is -0.137. The van der Waals surface area contributed by atoms with Gasteiger partial charge in [-0.05, 0) is 50.6 Å². The predicted molar refractivity (Wildman–Crippen MR) is 89.2 cm³/mol. The van der Waals surface area contributed by atoms with Crippen LogP contribution in [-0.2, 0) is 4.79 Å². The lowest BCUT2D eigenvalue weighted by Crippen LogP contribution is -2.52. The molecule has 6 heteroatoms. The van der Waals surface area contributed by atoms with Gasteiger partial charge < -0.3 is 15.1 Å². The molecule has 0 unspecified atom stereocenters. The third-order valence-electron chi connectivity index (χ3n) is 4.99. The highest BCUT2D eigenvalue weighted by atomic mass is 19.1. The van der Waals surface area contributed by atoms with Crippen molar-refractivity contribution < 1.29 is 14.0 Å². The molecule has 24 heavy (non-hydrogen) atoms. The largest absolute Gasteiger partial charge is 0.339 e. The number of piperazine rings is 1. The monoisotopic (exact) mass is 333 g/mol. The first kappa shape index (κ1) is 16.9. The second-order valence-electron chi connectivity index (χ2n) is 6.61. The molecule has 2 aliphatic rings. The van der Waals surface area contributed by atoms with Crippen molar-refractivity contribution >= 4 is 11.8 Å². The molecule has 1 aromatic carbocycles. The highest BCUT2D eigenvalue weighted by Gasteiger charge is 2.30. The van der Waals surface area contributed by atoms with Crippen LogP contribution in [0.1, 0.15) is 28.8 Å². The summed E-state index contributed by atoms with van der Waals surface area (Å²) >= 11 is 0. The van der Waals surface area contributed by atoms with Crippen molar-refractivity contribution in [1.29, 1.82) is 0 Å². The summed E-state index contributed by atoms with van der Waals surface area (Å²) < 4.78 is 13.7. The highest BCUT2D eigenvalue weighted by molar-refractivity contribution is 5.94. The molecule has 0 radical (unpaired) electrons. The number of hydrogen-bond donors (Lipinski definition) is 1. The van der Waals surface area contributed by atoms with E-state index < -0.39 is 0 Å². The fourth-order valence-electron chi connectivity index (χ4n) is 3.37. The summed E-state index contributed by atoms with van der Waals surface area (Å²) in [4.78, 5) is 28.6. The van der Waals surface area contributed by atoms with Crippen LogP contribution in [0.3, 0.4) is 0 Å². The van der Waals surface area contributed by atoms with E-state index in [1.54, 1.807) is 24.0 Å². The summed E-state index contributed by atoms with van der Waals surface area (Å²) in [7, 11) is 0. The van der Waals surface area contributed by atoms with Gasteiger partial charge in [0.1, 0.15) is 5.82 Å². The number of rotatable bonds is 2. The molecule has 2 amide bonds. The van der Waals surface area contributed by atoms with Crippen molar-refractivity contribution in [2.24, 2.45) is 5.92 Å². The predicted octanol–water partition coefficient (Wildman–Crippen LogP) is 1.42. The van der Waals surface area contributed by atoms with Gasteiger partial charge in [-0.3, -0.25) is 9.59 Å². The average Bonchev–Trinajstić information content (AvgIpc) is 2.63. The van der Waals surface area contributed by atoms with Gasteiger partial charge >= 0.3 is 0 Å². The number of aryl methyl sites for hydroxylation is 1. The molecule has 2 fully saturated rings. The Morgan fingerprint density at radius 1 is 1.08 bits per heavy atom. The van der Waals surface area contributed by atoms with E-state index in [4.69, 9.17) is 0 Å². The van der Waals surface area contributed by atoms with E-state index in [1.807, 2.05) is 4.90 Å². The maximum atomic E-state index is 13.7. The lowest BCUT2D eigenvalue weighted by atomic mass is 9.96. The van der Waals surface area contributed by atoms with Gasteiger partial charge in [-0.1, -0.05) is 6.07 Å². The first-order chi connectivity index (χ1) is 11.6. The van der Waals surface area contributed by atoms with Crippen LogP contribution in [0, 0.1) is 18.7 Å². The van der Waals surface area contributed by atoms with Crippen LogP contribution in [-0.4, -0.2) is 60.9 Å². The Bertz CT molecular complexity index is 621. The summed E-state index contributed by atoms with van der Waals surface area (Å²) in [6, 6.07) is 4.58. The van der Waals surface area contributed by atoms with Gasteiger partial charge in [-0.15, -0.1) is 0 Å². The van der Waals surface area contributed by atoms with Gasteiger partial charge in [0, 0.05) is 37.7 Å². The second-order valence-corrected chi connectivity index (χ2v) is 6.61. The van der Waals surface area contributed by atoms with Crippen molar-refractivity contribution in [2.75, 3.05) is 39.3 Å². The number of halogens is 1. The maximum Gasteiger partial charge on any atom is 0.254 e. The minimum atomic E-state index is -0.361. The van der Waals surface area contributed by atoms with Gasteiger partial charge in [0.05, 0.1) is 0 Å². The number of hydrogen-bond acceptors (Lipinski definition) is 3. The first-order valence-corrected chi connectivity index (χ1v) is 8.61. The van der Waals surface area contributed by atoms with Crippen molar-refractivity contribution in [2.45, 2.75) is 19.8 Å². The number of carbonyl (C=O) groups is 2. The van der Waals surface area contributed by atoms with Crippen LogP contribution in [0.4, 0.5) is 4.39 Å². The summed E-state index contributed by atoms with van der Waals surface area (Å²) in [5, 5.41) is 3.27. The normalized spacial score (nSPS) is 19.4. The Labute approximate surface area is 141 Å². The number of amides is 2. The zero-order chi connectivity index (χ0) is 17.1. The zero-order valence-electron chi connectivity index (χ0n) is 14.1. The fraction of sp³-hybridized carbons (Fsp3) is 0.556. The Balaban J connectivity index is 1.57. The molecule has 0 aliphatic carbocycles. The fourth-order valence-corrected chi connectivity index (χ4v) is 3.37.